The Morgan fingerprint density at radius 2 is 2.16 bits per heavy atom. The predicted octanol–water partition coefficient (Wildman–Crippen LogP) is 1.20. The van der Waals surface area contributed by atoms with Crippen LogP contribution in [-0.4, -0.2) is 23.1 Å². The Bertz CT molecular complexity index is 682. The minimum absolute atomic E-state index is 0.183. The van der Waals surface area contributed by atoms with E-state index in [-0.39, 0.29) is 12.3 Å². The molecule has 0 aliphatic heterocycles. The molecule has 3 N–H and O–H groups in total. The number of oxazole rings is 1. The van der Waals surface area contributed by atoms with Crippen molar-refractivity contribution in [1.29, 1.82) is 0 Å². The lowest BCUT2D eigenvalue weighted by Crippen LogP contribution is -2.40. The monoisotopic (exact) mass is 263 g/mol. The van der Waals surface area contributed by atoms with Crippen molar-refractivity contribution in [1.82, 2.24) is 9.88 Å². The number of carbonyl (C=O) groups is 1. The third-order valence-electron chi connectivity index (χ3n) is 3.12. The summed E-state index contributed by atoms with van der Waals surface area (Å²) in [5, 5.41) is 3.02. The maximum Gasteiger partial charge on any atom is 0.426 e. The number of fused-ring (bicyclic) bond motifs is 1. The van der Waals surface area contributed by atoms with Crippen molar-refractivity contribution in [2.75, 3.05) is 12.8 Å². The average Bonchev–Trinajstić information content (AvgIpc) is 2.63. The first-order valence-corrected chi connectivity index (χ1v) is 5.97. The van der Waals surface area contributed by atoms with Gasteiger partial charge in [-0.2, -0.15) is 0 Å². The van der Waals surface area contributed by atoms with Crippen molar-refractivity contribution in [3.8, 4) is 0 Å². The smallest absolute Gasteiger partial charge is 0.407 e. The van der Waals surface area contributed by atoms with Crippen molar-refractivity contribution >= 4 is 22.7 Å². The molecule has 0 saturated carbocycles. The summed E-state index contributed by atoms with van der Waals surface area (Å²) in [6.07, 6.45) is 0.183. The van der Waals surface area contributed by atoms with Gasteiger partial charge in [-0.3, -0.25) is 4.79 Å². The van der Waals surface area contributed by atoms with E-state index in [2.05, 4.69) is 5.32 Å². The molecule has 2 aromatic rings. The lowest BCUT2D eigenvalue weighted by molar-refractivity contribution is 0.0866. The Morgan fingerprint density at radius 3 is 2.79 bits per heavy atom. The maximum atomic E-state index is 12.2. The molecular formula is C13H17N3O3. The summed E-state index contributed by atoms with van der Waals surface area (Å²) in [6, 6.07) is 4.77. The second-order valence-corrected chi connectivity index (χ2v) is 5.13. The fourth-order valence-electron chi connectivity index (χ4n) is 1.82. The molecule has 6 nitrogen and oxygen atoms in total. The fraction of sp³-hybridized carbons (Fsp3) is 0.385. The van der Waals surface area contributed by atoms with Gasteiger partial charge in [-0.1, -0.05) is 0 Å². The van der Waals surface area contributed by atoms with Crippen LogP contribution in [0.5, 0.6) is 0 Å². The van der Waals surface area contributed by atoms with Crippen molar-refractivity contribution in [3.63, 3.8) is 0 Å². The number of nitrogen functional groups attached to an aromatic ring is 1. The zero-order valence-corrected chi connectivity index (χ0v) is 11.2. The second-order valence-electron chi connectivity index (χ2n) is 5.13. The third-order valence-corrected chi connectivity index (χ3v) is 3.12. The number of hydrogen-bond donors (Lipinski definition) is 2. The minimum Gasteiger partial charge on any atom is -0.407 e. The Balaban J connectivity index is 2.48. The van der Waals surface area contributed by atoms with Crippen LogP contribution in [0.2, 0.25) is 0 Å². The number of nitrogens with two attached hydrogens (primary N) is 1. The van der Waals surface area contributed by atoms with Gasteiger partial charge in [-0.15, -0.1) is 0 Å². The number of benzene rings is 1. The van der Waals surface area contributed by atoms with Crippen molar-refractivity contribution in [3.05, 3.63) is 28.7 Å². The fourth-order valence-corrected chi connectivity index (χ4v) is 1.82. The summed E-state index contributed by atoms with van der Waals surface area (Å²) in [4.78, 5) is 24.0. The van der Waals surface area contributed by atoms with E-state index in [1.807, 2.05) is 13.8 Å². The van der Waals surface area contributed by atoms with Crippen LogP contribution in [0.1, 0.15) is 25.1 Å². The first-order valence-electron chi connectivity index (χ1n) is 5.97. The molecule has 1 aromatic heterocycles. The van der Waals surface area contributed by atoms with Crippen LogP contribution >= 0.6 is 0 Å². The highest BCUT2D eigenvalue weighted by Crippen LogP contribution is 2.18. The highest BCUT2D eigenvalue weighted by atomic mass is 16.4. The first-order chi connectivity index (χ1) is 8.84. The minimum atomic E-state index is -0.683. The van der Waals surface area contributed by atoms with Crippen LogP contribution in [0.3, 0.4) is 0 Å². The van der Waals surface area contributed by atoms with E-state index in [4.69, 9.17) is 10.2 Å². The molecule has 19 heavy (non-hydrogen) atoms. The summed E-state index contributed by atoms with van der Waals surface area (Å²) in [7, 11) is 1.77. The van der Waals surface area contributed by atoms with Gasteiger partial charge in [-0.25, -0.2) is 9.36 Å². The number of carbonyl (C=O) groups excluding carboxylic acids is 1. The van der Waals surface area contributed by atoms with Gasteiger partial charge in [0.1, 0.15) is 0 Å². The summed E-state index contributed by atoms with van der Waals surface area (Å²) in [5.41, 5.74) is 6.47. The van der Waals surface area contributed by atoms with Gasteiger partial charge < -0.3 is 15.5 Å². The first kappa shape index (κ1) is 13.4. The molecular weight excluding hydrogens is 246 g/mol. The summed E-state index contributed by atoms with van der Waals surface area (Å²) < 4.78 is 6.08. The Kier molecular flexibility index (Phi) is 3.20. The van der Waals surface area contributed by atoms with Crippen LogP contribution in [-0.2, 0) is 0 Å². The highest BCUT2D eigenvalue weighted by molar-refractivity contribution is 5.90. The van der Waals surface area contributed by atoms with Crippen LogP contribution in [0, 0.1) is 0 Å². The molecule has 102 valence electrons. The zero-order chi connectivity index (χ0) is 14.2. The van der Waals surface area contributed by atoms with E-state index in [9.17, 15) is 9.59 Å². The molecule has 0 amide bonds. The molecule has 6 heteroatoms. The lowest BCUT2D eigenvalue weighted by Gasteiger charge is -2.22. The van der Waals surface area contributed by atoms with Crippen molar-refractivity contribution < 1.29 is 9.21 Å². The number of nitrogens with one attached hydrogen (secondary N) is 1. The summed E-state index contributed by atoms with van der Waals surface area (Å²) in [5.74, 6) is -0.995. The average molecular weight is 263 g/mol. The normalized spacial score (nSPS) is 11.9. The van der Waals surface area contributed by atoms with Crippen molar-refractivity contribution in [2.45, 2.75) is 25.8 Å². The maximum absolute atomic E-state index is 12.2. The zero-order valence-electron chi connectivity index (χ0n) is 11.2. The molecule has 0 unspecified atom stereocenters. The van der Waals surface area contributed by atoms with Gasteiger partial charge in [0.25, 0.3) is 0 Å². The summed E-state index contributed by atoms with van der Waals surface area (Å²) in [6.45, 7) is 3.77. The molecule has 0 spiro atoms. The van der Waals surface area contributed by atoms with Gasteiger partial charge in [0.15, 0.2) is 5.58 Å². The molecule has 0 fully saturated rings. The van der Waals surface area contributed by atoms with Gasteiger partial charge in [0.05, 0.1) is 5.52 Å². The van der Waals surface area contributed by atoms with E-state index in [1.165, 1.54) is 6.07 Å². The number of anilines is 1. The van der Waals surface area contributed by atoms with E-state index in [0.29, 0.717) is 16.8 Å². The van der Waals surface area contributed by atoms with Gasteiger partial charge in [-0.05, 0) is 33.0 Å². The third kappa shape index (κ3) is 2.53. The quantitative estimate of drug-likeness (QED) is 0.812. The Labute approximate surface area is 110 Å². The van der Waals surface area contributed by atoms with Gasteiger partial charge in [0.2, 0.25) is 5.91 Å². The van der Waals surface area contributed by atoms with E-state index < -0.39 is 11.3 Å². The predicted molar refractivity (Wildman–Crippen MR) is 73.3 cm³/mol. The van der Waals surface area contributed by atoms with Crippen LogP contribution in [0.15, 0.2) is 27.4 Å². The second kappa shape index (κ2) is 4.55. The highest BCUT2D eigenvalue weighted by Gasteiger charge is 2.24. The van der Waals surface area contributed by atoms with Crippen molar-refractivity contribution in [2.24, 2.45) is 0 Å². The number of nitrogens with zero attached hydrogens (tertiary/aromatic N) is 1. The Morgan fingerprint density at radius 1 is 1.47 bits per heavy atom. The Hall–Kier alpha value is -2.08. The lowest BCUT2D eigenvalue weighted by atomic mass is 10.0. The molecule has 0 aliphatic carbocycles. The van der Waals surface area contributed by atoms with Crippen LogP contribution in [0.25, 0.3) is 11.1 Å². The molecule has 0 radical (unpaired) electrons. The molecule has 1 aromatic carbocycles. The van der Waals surface area contributed by atoms with Gasteiger partial charge in [0, 0.05) is 23.7 Å². The SMILES string of the molecule is CNC(C)(C)CC(=O)n1c(=O)oc2cc(N)ccc21. The van der Waals surface area contributed by atoms with E-state index in [0.717, 1.165) is 4.57 Å². The number of hydrogen-bond acceptors (Lipinski definition) is 5. The topological polar surface area (TPSA) is 90.3 Å². The molecule has 0 saturated heterocycles. The van der Waals surface area contributed by atoms with Gasteiger partial charge >= 0.3 is 5.76 Å². The number of rotatable bonds is 3. The molecule has 1 heterocycles. The largest absolute Gasteiger partial charge is 0.426 e. The van der Waals surface area contributed by atoms with E-state index in [1.54, 1.807) is 19.2 Å². The van der Waals surface area contributed by atoms with E-state index >= 15 is 0 Å². The van der Waals surface area contributed by atoms with Crippen LogP contribution in [0.4, 0.5) is 5.69 Å². The molecule has 2 rings (SSSR count). The standard InChI is InChI=1S/C13H17N3O3/c1-13(2,15-3)7-11(17)16-9-5-4-8(14)6-10(9)19-12(16)18/h4-6,15H,7,14H2,1-3H3. The molecule has 0 aliphatic rings. The summed E-state index contributed by atoms with van der Waals surface area (Å²) >= 11 is 0. The number of aromatic nitrogens is 1. The molecule has 0 atom stereocenters. The van der Waals surface area contributed by atoms with Crippen LogP contribution < -0.4 is 16.8 Å². The molecule has 0 bridgehead atoms.